The molecular formula is C17H30. The molecule has 0 nitrogen and oxygen atoms in total. The molecule has 0 bridgehead atoms. The maximum absolute atomic E-state index is 3.90. The Labute approximate surface area is 108 Å². The summed E-state index contributed by atoms with van der Waals surface area (Å²) in [5.74, 6) is 1.73. The lowest BCUT2D eigenvalue weighted by atomic mass is 9.80. The third kappa shape index (κ3) is 5.57. The van der Waals surface area contributed by atoms with Gasteiger partial charge in [0, 0.05) is 0 Å². The van der Waals surface area contributed by atoms with Crippen molar-refractivity contribution in [3.8, 4) is 0 Å². The smallest absolute Gasteiger partial charge is 0.0175 e. The second kappa shape index (κ2) is 7.03. The molecule has 1 rings (SSSR count). The van der Waals surface area contributed by atoms with Crippen molar-refractivity contribution < 1.29 is 0 Å². The highest BCUT2D eigenvalue weighted by atomic mass is 14.2. The second-order valence-electron chi connectivity index (χ2n) is 6.42. The molecule has 0 spiro atoms. The van der Waals surface area contributed by atoms with E-state index in [1.807, 2.05) is 0 Å². The van der Waals surface area contributed by atoms with Crippen LogP contribution in [0.25, 0.3) is 0 Å². The molecule has 0 heteroatoms. The average molecular weight is 234 g/mol. The molecule has 17 heavy (non-hydrogen) atoms. The highest BCUT2D eigenvalue weighted by Gasteiger charge is 2.17. The summed E-state index contributed by atoms with van der Waals surface area (Å²) in [6.07, 6.45) is 16.6. The minimum Gasteiger partial charge on any atom is -0.103 e. The normalized spacial score (nSPS) is 20.6. The lowest BCUT2D eigenvalue weighted by Gasteiger charge is -2.25. The first-order valence-corrected chi connectivity index (χ1v) is 7.35. The van der Waals surface area contributed by atoms with Gasteiger partial charge in [0.05, 0.1) is 0 Å². The monoisotopic (exact) mass is 234 g/mol. The fourth-order valence-electron chi connectivity index (χ4n) is 2.69. The van der Waals surface area contributed by atoms with Crippen LogP contribution in [0.2, 0.25) is 0 Å². The third-order valence-corrected chi connectivity index (χ3v) is 4.34. The van der Waals surface area contributed by atoms with Gasteiger partial charge in [-0.3, -0.25) is 0 Å². The van der Waals surface area contributed by atoms with Gasteiger partial charge in [-0.2, -0.15) is 0 Å². The van der Waals surface area contributed by atoms with Gasteiger partial charge in [0.15, 0.2) is 0 Å². The van der Waals surface area contributed by atoms with E-state index in [-0.39, 0.29) is 0 Å². The van der Waals surface area contributed by atoms with Crippen LogP contribution in [0.3, 0.4) is 0 Å². The maximum atomic E-state index is 3.90. The van der Waals surface area contributed by atoms with Gasteiger partial charge in [0.2, 0.25) is 0 Å². The van der Waals surface area contributed by atoms with Crippen LogP contribution >= 0.6 is 0 Å². The van der Waals surface area contributed by atoms with Crippen LogP contribution in [-0.2, 0) is 0 Å². The summed E-state index contributed by atoms with van der Waals surface area (Å²) < 4.78 is 0. The van der Waals surface area contributed by atoms with E-state index in [1.165, 1.54) is 44.9 Å². The maximum Gasteiger partial charge on any atom is -0.0175 e. The first-order chi connectivity index (χ1) is 8.05. The zero-order valence-corrected chi connectivity index (χ0v) is 12.0. The van der Waals surface area contributed by atoms with Crippen LogP contribution < -0.4 is 0 Å². The Morgan fingerprint density at radius 1 is 1.24 bits per heavy atom. The van der Waals surface area contributed by atoms with Crippen LogP contribution in [0.4, 0.5) is 0 Å². The number of hydrogen-bond donors (Lipinski definition) is 0. The molecule has 0 aromatic carbocycles. The molecule has 1 atom stereocenters. The van der Waals surface area contributed by atoms with Gasteiger partial charge in [-0.15, -0.1) is 6.58 Å². The van der Waals surface area contributed by atoms with Crippen molar-refractivity contribution in [2.45, 2.75) is 65.7 Å². The molecule has 0 saturated heterocycles. The quantitative estimate of drug-likeness (QED) is 0.513. The Balaban J connectivity index is 2.25. The number of rotatable bonds is 6. The molecule has 0 amide bonds. The summed E-state index contributed by atoms with van der Waals surface area (Å²) in [4.78, 5) is 0. The number of hydrogen-bond acceptors (Lipinski definition) is 0. The van der Waals surface area contributed by atoms with Crippen molar-refractivity contribution in [1.29, 1.82) is 0 Å². The van der Waals surface area contributed by atoms with Crippen molar-refractivity contribution in [2.75, 3.05) is 0 Å². The van der Waals surface area contributed by atoms with E-state index in [4.69, 9.17) is 0 Å². The molecule has 0 aromatic heterocycles. The van der Waals surface area contributed by atoms with Crippen LogP contribution in [-0.4, -0.2) is 0 Å². The summed E-state index contributed by atoms with van der Waals surface area (Å²) in [5, 5.41) is 0. The van der Waals surface area contributed by atoms with E-state index in [9.17, 15) is 0 Å². The largest absolute Gasteiger partial charge is 0.103 e. The van der Waals surface area contributed by atoms with E-state index in [1.54, 1.807) is 0 Å². The zero-order valence-electron chi connectivity index (χ0n) is 12.0. The van der Waals surface area contributed by atoms with Crippen molar-refractivity contribution in [3.63, 3.8) is 0 Å². The Morgan fingerprint density at radius 2 is 1.88 bits per heavy atom. The van der Waals surface area contributed by atoms with Gasteiger partial charge < -0.3 is 0 Å². The fourth-order valence-corrected chi connectivity index (χ4v) is 2.69. The van der Waals surface area contributed by atoms with Crippen LogP contribution in [0.5, 0.6) is 0 Å². The highest BCUT2D eigenvalue weighted by molar-refractivity contribution is 4.94. The van der Waals surface area contributed by atoms with Gasteiger partial charge in [-0.05, 0) is 42.9 Å². The molecule has 0 aliphatic heterocycles. The summed E-state index contributed by atoms with van der Waals surface area (Å²) >= 11 is 0. The SMILES string of the molecule is C=CC(C)(C)CCC=CC(C)C1CCCCC1. The first kappa shape index (κ1) is 14.5. The number of allylic oxidation sites excluding steroid dienone is 3. The van der Waals surface area contributed by atoms with Crippen molar-refractivity contribution in [3.05, 3.63) is 24.8 Å². The molecule has 1 saturated carbocycles. The molecule has 0 heterocycles. The van der Waals surface area contributed by atoms with E-state index >= 15 is 0 Å². The Bertz CT molecular complexity index is 241. The van der Waals surface area contributed by atoms with E-state index in [0.29, 0.717) is 5.41 Å². The minimum absolute atomic E-state index is 0.290. The van der Waals surface area contributed by atoms with Crippen LogP contribution in [0.1, 0.15) is 65.7 Å². The Kier molecular flexibility index (Phi) is 6.02. The molecule has 1 fully saturated rings. The van der Waals surface area contributed by atoms with Gasteiger partial charge >= 0.3 is 0 Å². The standard InChI is InChI=1S/C17H30/c1-5-17(3,4)14-10-9-11-15(2)16-12-7-6-8-13-16/h5,9,11,15-16H,1,6-8,10,12-14H2,2-4H3. The van der Waals surface area contributed by atoms with Crippen LogP contribution in [0, 0.1) is 17.3 Å². The molecule has 1 unspecified atom stereocenters. The van der Waals surface area contributed by atoms with Gasteiger partial charge in [0.25, 0.3) is 0 Å². The van der Waals surface area contributed by atoms with Crippen molar-refractivity contribution in [2.24, 2.45) is 17.3 Å². The van der Waals surface area contributed by atoms with Crippen molar-refractivity contribution >= 4 is 0 Å². The molecule has 0 radical (unpaired) electrons. The average Bonchev–Trinajstić information content (AvgIpc) is 2.35. The predicted octanol–water partition coefficient (Wildman–Crippen LogP) is 5.75. The Hall–Kier alpha value is -0.520. The summed E-state index contributed by atoms with van der Waals surface area (Å²) in [6.45, 7) is 10.8. The van der Waals surface area contributed by atoms with Gasteiger partial charge in [-0.25, -0.2) is 0 Å². The summed E-state index contributed by atoms with van der Waals surface area (Å²) in [6, 6.07) is 0. The lowest BCUT2D eigenvalue weighted by molar-refractivity contribution is 0.299. The second-order valence-corrected chi connectivity index (χ2v) is 6.42. The van der Waals surface area contributed by atoms with Gasteiger partial charge in [-0.1, -0.05) is 58.3 Å². The molecule has 0 aromatic rings. The minimum atomic E-state index is 0.290. The summed E-state index contributed by atoms with van der Waals surface area (Å²) in [7, 11) is 0. The van der Waals surface area contributed by atoms with E-state index < -0.39 is 0 Å². The molecule has 0 N–H and O–H groups in total. The van der Waals surface area contributed by atoms with E-state index in [2.05, 4.69) is 45.6 Å². The predicted molar refractivity (Wildman–Crippen MR) is 78.1 cm³/mol. The highest BCUT2D eigenvalue weighted by Crippen LogP contribution is 2.31. The molecule has 1 aliphatic rings. The first-order valence-electron chi connectivity index (χ1n) is 7.35. The zero-order chi connectivity index (χ0) is 12.7. The third-order valence-electron chi connectivity index (χ3n) is 4.34. The lowest BCUT2D eigenvalue weighted by Crippen LogP contribution is -2.13. The van der Waals surface area contributed by atoms with Gasteiger partial charge in [0.1, 0.15) is 0 Å². The topological polar surface area (TPSA) is 0 Å². The molecule has 98 valence electrons. The van der Waals surface area contributed by atoms with Crippen LogP contribution in [0.15, 0.2) is 24.8 Å². The molecular weight excluding hydrogens is 204 g/mol. The molecule has 1 aliphatic carbocycles. The van der Waals surface area contributed by atoms with E-state index in [0.717, 1.165) is 11.8 Å². The summed E-state index contributed by atoms with van der Waals surface area (Å²) in [5.41, 5.74) is 0.290. The fraction of sp³-hybridized carbons (Fsp3) is 0.765. The van der Waals surface area contributed by atoms with Crippen molar-refractivity contribution in [1.82, 2.24) is 0 Å². The Morgan fingerprint density at radius 3 is 2.47 bits per heavy atom.